The van der Waals surface area contributed by atoms with E-state index in [4.69, 9.17) is 10.5 Å². The molecule has 0 amide bonds. The fraction of sp³-hybridized carbons (Fsp3) is 0.435. The summed E-state index contributed by atoms with van der Waals surface area (Å²) in [5.74, 6) is 1.77. The summed E-state index contributed by atoms with van der Waals surface area (Å²) in [6.45, 7) is 5.46. The summed E-state index contributed by atoms with van der Waals surface area (Å²) in [6, 6.07) is 12.2. The molecule has 2 saturated heterocycles. The normalized spacial score (nSPS) is 17.2. The van der Waals surface area contributed by atoms with Crippen LogP contribution in [0, 0.1) is 0 Å². The number of anilines is 5. The molecule has 3 aromatic rings. The summed E-state index contributed by atoms with van der Waals surface area (Å²) in [4.78, 5) is 13.7. The van der Waals surface area contributed by atoms with Crippen LogP contribution in [0.15, 0.2) is 42.6 Å². The number of nitrogen functional groups attached to an aromatic ring is 1. The second kappa shape index (κ2) is 9.44. The molecule has 0 atom stereocenters. The van der Waals surface area contributed by atoms with Crippen LogP contribution in [-0.4, -0.2) is 59.1 Å². The van der Waals surface area contributed by atoms with Gasteiger partial charge in [0.15, 0.2) is 0 Å². The second-order valence-corrected chi connectivity index (χ2v) is 8.25. The fourth-order valence-corrected chi connectivity index (χ4v) is 4.29. The Morgan fingerprint density at radius 3 is 2.34 bits per heavy atom. The van der Waals surface area contributed by atoms with E-state index in [-0.39, 0.29) is 0 Å². The molecule has 3 N–H and O–H groups in total. The van der Waals surface area contributed by atoms with Crippen molar-refractivity contribution in [2.45, 2.75) is 25.7 Å². The Labute approximate surface area is 188 Å². The van der Waals surface area contributed by atoms with E-state index in [1.165, 1.54) is 31.4 Å². The highest BCUT2D eigenvalue weighted by Gasteiger charge is 2.15. The average molecular weight is 435 g/mol. The molecule has 2 aliphatic heterocycles. The van der Waals surface area contributed by atoms with Gasteiger partial charge in [-0.2, -0.15) is 9.67 Å². The first-order chi connectivity index (χ1) is 15.8. The number of pyridine rings is 1. The molecule has 2 aromatic heterocycles. The van der Waals surface area contributed by atoms with Crippen LogP contribution >= 0.6 is 0 Å². The number of nitrogens with two attached hydrogens (primary N) is 1. The molecule has 9 nitrogen and oxygen atoms in total. The van der Waals surface area contributed by atoms with Crippen molar-refractivity contribution in [3.8, 4) is 5.69 Å². The zero-order valence-electron chi connectivity index (χ0n) is 18.3. The lowest BCUT2D eigenvalue weighted by Gasteiger charge is -2.28. The summed E-state index contributed by atoms with van der Waals surface area (Å²) in [5.41, 5.74) is 9.17. The predicted octanol–water partition coefficient (Wildman–Crippen LogP) is 3.21. The molecule has 32 heavy (non-hydrogen) atoms. The van der Waals surface area contributed by atoms with Crippen molar-refractivity contribution in [2.24, 2.45) is 0 Å². The van der Waals surface area contributed by atoms with Crippen LogP contribution in [0.4, 0.5) is 29.1 Å². The third-order valence-corrected chi connectivity index (χ3v) is 6.04. The zero-order valence-corrected chi connectivity index (χ0v) is 18.3. The first-order valence-electron chi connectivity index (χ1n) is 11.4. The van der Waals surface area contributed by atoms with Crippen molar-refractivity contribution in [3.63, 3.8) is 0 Å². The molecular formula is C23H30N8O. The number of ether oxygens (including phenoxy) is 1. The number of benzene rings is 1. The zero-order chi connectivity index (χ0) is 21.8. The summed E-state index contributed by atoms with van der Waals surface area (Å²) in [7, 11) is 0. The van der Waals surface area contributed by atoms with Gasteiger partial charge in [0.25, 0.3) is 0 Å². The van der Waals surface area contributed by atoms with Gasteiger partial charge in [0.05, 0.1) is 18.9 Å². The number of hydrogen-bond donors (Lipinski definition) is 2. The minimum atomic E-state index is 0.338. The van der Waals surface area contributed by atoms with E-state index in [1.54, 1.807) is 4.68 Å². The molecule has 5 rings (SSSR count). The molecule has 4 heterocycles. The Morgan fingerprint density at radius 1 is 0.844 bits per heavy atom. The summed E-state index contributed by atoms with van der Waals surface area (Å²) >= 11 is 0. The van der Waals surface area contributed by atoms with Crippen LogP contribution in [0.3, 0.4) is 0 Å². The number of rotatable bonds is 5. The van der Waals surface area contributed by atoms with Gasteiger partial charge in [0.1, 0.15) is 5.82 Å². The van der Waals surface area contributed by atoms with Crippen molar-refractivity contribution >= 4 is 29.1 Å². The van der Waals surface area contributed by atoms with Crippen molar-refractivity contribution in [1.29, 1.82) is 0 Å². The van der Waals surface area contributed by atoms with E-state index >= 15 is 0 Å². The smallest absolute Gasteiger partial charge is 0.248 e. The van der Waals surface area contributed by atoms with Gasteiger partial charge in [0, 0.05) is 49.8 Å². The maximum absolute atomic E-state index is 6.20. The van der Waals surface area contributed by atoms with E-state index in [2.05, 4.69) is 42.3 Å². The molecule has 0 saturated carbocycles. The maximum atomic E-state index is 6.20. The van der Waals surface area contributed by atoms with E-state index in [0.717, 1.165) is 56.6 Å². The van der Waals surface area contributed by atoms with Crippen LogP contribution in [0.5, 0.6) is 0 Å². The van der Waals surface area contributed by atoms with E-state index in [9.17, 15) is 0 Å². The van der Waals surface area contributed by atoms with Crippen LogP contribution in [0.2, 0.25) is 0 Å². The average Bonchev–Trinajstić information content (AvgIpc) is 3.02. The second-order valence-electron chi connectivity index (χ2n) is 8.25. The van der Waals surface area contributed by atoms with Gasteiger partial charge in [-0.1, -0.05) is 12.8 Å². The van der Waals surface area contributed by atoms with Crippen LogP contribution < -0.4 is 20.9 Å². The highest BCUT2D eigenvalue weighted by atomic mass is 16.5. The minimum Gasteiger partial charge on any atom is -0.378 e. The van der Waals surface area contributed by atoms with Gasteiger partial charge >= 0.3 is 0 Å². The predicted molar refractivity (Wildman–Crippen MR) is 127 cm³/mol. The van der Waals surface area contributed by atoms with Crippen molar-refractivity contribution in [1.82, 2.24) is 19.7 Å². The third kappa shape index (κ3) is 4.62. The molecule has 1 aromatic carbocycles. The minimum absolute atomic E-state index is 0.338. The Bertz CT molecular complexity index is 1020. The Hall–Kier alpha value is -3.33. The maximum Gasteiger partial charge on any atom is 0.248 e. The number of hydrogen-bond acceptors (Lipinski definition) is 8. The summed E-state index contributed by atoms with van der Waals surface area (Å²) in [5, 5.41) is 7.85. The summed E-state index contributed by atoms with van der Waals surface area (Å²) in [6.07, 6.45) is 6.79. The van der Waals surface area contributed by atoms with Gasteiger partial charge in [-0.25, -0.2) is 4.98 Å². The largest absolute Gasteiger partial charge is 0.378 e. The molecule has 2 aliphatic rings. The van der Waals surface area contributed by atoms with Gasteiger partial charge in [-0.15, -0.1) is 5.10 Å². The van der Waals surface area contributed by atoms with E-state index in [1.807, 2.05) is 30.5 Å². The molecule has 0 spiro atoms. The highest BCUT2D eigenvalue weighted by Crippen LogP contribution is 2.24. The van der Waals surface area contributed by atoms with Gasteiger partial charge in [-0.05, 0) is 43.2 Å². The van der Waals surface area contributed by atoms with Crippen LogP contribution in [0.25, 0.3) is 5.69 Å². The number of nitrogens with one attached hydrogen (secondary N) is 1. The number of nitrogens with zero attached hydrogens (tertiary/aromatic N) is 6. The molecule has 168 valence electrons. The van der Waals surface area contributed by atoms with Crippen molar-refractivity contribution in [2.75, 3.05) is 60.2 Å². The number of aromatic nitrogens is 4. The Kier molecular flexibility index (Phi) is 6.06. The lowest BCUT2D eigenvalue weighted by molar-refractivity contribution is 0.122. The van der Waals surface area contributed by atoms with Gasteiger partial charge in [-0.3, -0.25) is 0 Å². The fourth-order valence-electron chi connectivity index (χ4n) is 4.29. The topological polar surface area (TPSA) is 97.4 Å². The lowest BCUT2D eigenvalue weighted by atomic mass is 10.2. The molecular weight excluding hydrogens is 404 g/mol. The number of morpholine rings is 1. The van der Waals surface area contributed by atoms with E-state index in [0.29, 0.717) is 11.9 Å². The molecule has 0 unspecified atom stereocenters. The lowest BCUT2D eigenvalue weighted by Crippen LogP contribution is -2.36. The first kappa shape index (κ1) is 20.6. The van der Waals surface area contributed by atoms with Crippen molar-refractivity contribution < 1.29 is 4.74 Å². The Morgan fingerprint density at radius 2 is 1.59 bits per heavy atom. The standard InChI is InChI=1S/C23H30N8O/c24-22-27-23(26-18-5-7-19(8-6-18)29-13-15-32-16-14-29)28-31(22)20-9-10-25-21(17-20)30-11-3-1-2-4-12-30/h5-10,17H,1-4,11-16H2,(H3,24,26,27,28). The SMILES string of the molecule is Nc1nc(Nc2ccc(N3CCOCC3)cc2)nn1-c1ccnc(N2CCCCCC2)c1. The first-order valence-corrected chi connectivity index (χ1v) is 11.4. The van der Waals surface area contributed by atoms with Gasteiger partial charge in [0.2, 0.25) is 11.9 Å². The van der Waals surface area contributed by atoms with Crippen LogP contribution in [0.1, 0.15) is 25.7 Å². The Balaban J connectivity index is 1.30. The van der Waals surface area contributed by atoms with Crippen LogP contribution in [-0.2, 0) is 4.74 Å². The third-order valence-electron chi connectivity index (χ3n) is 6.04. The molecule has 2 fully saturated rings. The van der Waals surface area contributed by atoms with E-state index < -0.39 is 0 Å². The quantitative estimate of drug-likeness (QED) is 0.632. The molecule has 9 heteroatoms. The van der Waals surface area contributed by atoms with Crippen molar-refractivity contribution in [3.05, 3.63) is 42.6 Å². The highest BCUT2D eigenvalue weighted by molar-refractivity contribution is 5.60. The molecule has 0 aliphatic carbocycles. The molecule has 0 radical (unpaired) electrons. The summed E-state index contributed by atoms with van der Waals surface area (Å²) < 4.78 is 7.09. The van der Waals surface area contributed by atoms with Gasteiger partial charge < -0.3 is 25.6 Å². The monoisotopic (exact) mass is 434 g/mol. The molecule has 0 bridgehead atoms.